The number of aromatic nitrogens is 1. The number of piperidine rings is 1. The fourth-order valence-electron chi connectivity index (χ4n) is 3.87. The molecule has 28 heavy (non-hydrogen) atoms. The summed E-state index contributed by atoms with van der Waals surface area (Å²) in [6.45, 7) is 5.98. The Morgan fingerprint density at radius 3 is 2.64 bits per heavy atom. The molecule has 2 heterocycles. The van der Waals surface area contributed by atoms with Gasteiger partial charge in [0.15, 0.2) is 0 Å². The number of pyridine rings is 1. The first-order valence-corrected chi connectivity index (χ1v) is 10.1. The second kappa shape index (κ2) is 9.69. The normalized spacial score (nSPS) is 15.4. The molecule has 0 spiro atoms. The maximum Gasteiger partial charge on any atom is 0.255 e. The van der Waals surface area contributed by atoms with Crippen LogP contribution in [0.4, 0.5) is 0 Å². The Hall–Kier alpha value is -2.40. The van der Waals surface area contributed by atoms with Crippen molar-refractivity contribution in [1.29, 1.82) is 0 Å². The average molecular weight is 382 g/mol. The molecule has 150 valence electrons. The molecule has 1 amide bonds. The molecule has 2 aromatic rings. The van der Waals surface area contributed by atoms with Gasteiger partial charge in [-0.2, -0.15) is 0 Å². The van der Waals surface area contributed by atoms with Crippen LogP contribution in [0.2, 0.25) is 0 Å². The molecule has 1 aliphatic heterocycles. The average Bonchev–Trinajstić information content (AvgIpc) is 2.73. The number of ether oxygens (including phenoxy) is 1. The van der Waals surface area contributed by atoms with Crippen molar-refractivity contribution >= 4 is 5.91 Å². The first-order chi connectivity index (χ1) is 13.6. The van der Waals surface area contributed by atoms with E-state index in [0.717, 1.165) is 56.9 Å². The lowest BCUT2D eigenvalue weighted by atomic mass is 9.95. The lowest BCUT2D eigenvalue weighted by molar-refractivity contribution is 0.0740. The molecule has 0 unspecified atom stereocenters. The van der Waals surface area contributed by atoms with Crippen molar-refractivity contribution in [3.63, 3.8) is 0 Å². The minimum absolute atomic E-state index is 0.0612. The lowest BCUT2D eigenvalue weighted by Crippen LogP contribution is -2.40. The van der Waals surface area contributed by atoms with Gasteiger partial charge in [-0.3, -0.25) is 9.78 Å². The number of likely N-dealkylation sites (tertiary alicyclic amines) is 1. The topological polar surface area (TPSA) is 45.7 Å². The molecular weight excluding hydrogens is 350 g/mol. The van der Waals surface area contributed by atoms with Gasteiger partial charge in [-0.05, 0) is 69.0 Å². The van der Waals surface area contributed by atoms with Crippen LogP contribution in [-0.2, 0) is 6.42 Å². The standard InChI is InChI=1S/C23H31N3O2/c1-18-8-9-21(16-24-18)23(27)25(2)17-19-10-13-26(14-11-19)15-12-20-6-4-5-7-22(20)28-3/h4-9,16,19H,10-15,17H2,1-3H3. The minimum Gasteiger partial charge on any atom is -0.496 e. The zero-order valence-corrected chi connectivity index (χ0v) is 17.2. The summed E-state index contributed by atoms with van der Waals surface area (Å²) < 4.78 is 5.45. The van der Waals surface area contributed by atoms with Crippen LogP contribution >= 0.6 is 0 Å². The van der Waals surface area contributed by atoms with Crippen molar-refractivity contribution in [2.45, 2.75) is 26.2 Å². The summed E-state index contributed by atoms with van der Waals surface area (Å²) >= 11 is 0. The monoisotopic (exact) mass is 381 g/mol. The van der Waals surface area contributed by atoms with Gasteiger partial charge in [-0.25, -0.2) is 0 Å². The van der Waals surface area contributed by atoms with Gasteiger partial charge in [0.05, 0.1) is 12.7 Å². The van der Waals surface area contributed by atoms with Crippen LogP contribution in [0, 0.1) is 12.8 Å². The van der Waals surface area contributed by atoms with Crippen LogP contribution in [0.5, 0.6) is 5.75 Å². The third kappa shape index (κ3) is 5.32. The Morgan fingerprint density at radius 1 is 1.21 bits per heavy atom. The van der Waals surface area contributed by atoms with Gasteiger partial charge in [-0.15, -0.1) is 0 Å². The molecule has 0 aliphatic carbocycles. The van der Waals surface area contributed by atoms with E-state index in [4.69, 9.17) is 4.74 Å². The number of hydrogen-bond acceptors (Lipinski definition) is 4. The fourth-order valence-corrected chi connectivity index (χ4v) is 3.87. The van der Waals surface area contributed by atoms with Gasteiger partial charge in [0.1, 0.15) is 5.75 Å². The van der Waals surface area contributed by atoms with Crippen LogP contribution in [0.3, 0.4) is 0 Å². The summed E-state index contributed by atoms with van der Waals surface area (Å²) in [4.78, 5) is 21.2. The van der Waals surface area contributed by atoms with Gasteiger partial charge in [0.2, 0.25) is 0 Å². The van der Waals surface area contributed by atoms with Gasteiger partial charge in [0.25, 0.3) is 5.91 Å². The van der Waals surface area contributed by atoms with Gasteiger partial charge < -0.3 is 14.5 Å². The summed E-state index contributed by atoms with van der Waals surface area (Å²) in [7, 11) is 3.63. The third-order valence-electron chi connectivity index (χ3n) is 5.63. The molecular formula is C23H31N3O2. The molecule has 5 heteroatoms. The number of rotatable bonds is 7. The van der Waals surface area contributed by atoms with E-state index in [9.17, 15) is 4.79 Å². The summed E-state index contributed by atoms with van der Waals surface area (Å²) in [6.07, 6.45) is 4.95. The van der Waals surface area contributed by atoms with Crippen LogP contribution in [0.1, 0.15) is 34.5 Å². The van der Waals surface area contributed by atoms with Crippen molar-refractivity contribution < 1.29 is 9.53 Å². The zero-order chi connectivity index (χ0) is 19.9. The summed E-state index contributed by atoms with van der Waals surface area (Å²) in [5, 5.41) is 0. The van der Waals surface area contributed by atoms with Gasteiger partial charge >= 0.3 is 0 Å². The molecule has 5 nitrogen and oxygen atoms in total. The van der Waals surface area contributed by atoms with E-state index in [1.54, 1.807) is 13.3 Å². The molecule has 0 bridgehead atoms. The second-order valence-electron chi connectivity index (χ2n) is 7.72. The van der Waals surface area contributed by atoms with Crippen molar-refractivity contribution in [3.05, 3.63) is 59.4 Å². The first kappa shape index (κ1) is 20.3. The Morgan fingerprint density at radius 2 is 1.96 bits per heavy atom. The second-order valence-corrected chi connectivity index (χ2v) is 7.72. The van der Waals surface area contributed by atoms with E-state index in [0.29, 0.717) is 11.5 Å². The summed E-state index contributed by atoms with van der Waals surface area (Å²) in [6, 6.07) is 12.0. The number of para-hydroxylation sites is 1. The predicted molar refractivity (Wildman–Crippen MR) is 112 cm³/mol. The number of carbonyl (C=O) groups is 1. The first-order valence-electron chi connectivity index (χ1n) is 10.1. The highest BCUT2D eigenvalue weighted by molar-refractivity contribution is 5.93. The molecule has 1 aromatic heterocycles. The zero-order valence-electron chi connectivity index (χ0n) is 17.2. The number of benzene rings is 1. The van der Waals surface area contributed by atoms with E-state index in [1.807, 2.05) is 43.1 Å². The number of nitrogens with zero attached hydrogens (tertiary/aromatic N) is 3. The number of amides is 1. The van der Waals surface area contributed by atoms with Crippen LogP contribution in [0.25, 0.3) is 0 Å². The van der Waals surface area contributed by atoms with E-state index in [1.165, 1.54) is 5.56 Å². The predicted octanol–water partition coefficient (Wildman–Crippen LogP) is 3.43. The number of aryl methyl sites for hydroxylation is 1. The summed E-state index contributed by atoms with van der Waals surface area (Å²) in [5.74, 6) is 1.60. The van der Waals surface area contributed by atoms with Crippen molar-refractivity contribution in [2.75, 3.05) is 40.3 Å². The molecule has 0 saturated carbocycles. The number of hydrogen-bond donors (Lipinski definition) is 0. The maximum atomic E-state index is 12.6. The van der Waals surface area contributed by atoms with Crippen LogP contribution in [0.15, 0.2) is 42.6 Å². The number of carbonyl (C=O) groups excluding carboxylic acids is 1. The highest BCUT2D eigenvalue weighted by atomic mass is 16.5. The smallest absolute Gasteiger partial charge is 0.255 e. The molecule has 1 fully saturated rings. The molecule has 1 saturated heterocycles. The molecule has 0 N–H and O–H groups in total. The summed E-state index contributed by atoms with van der Waals surface area (Å²) in [5.41, 5.74) is 2.87. The SMILES string of the molecule is COc1ccccc1CCN1CCC(CN(C)C(=O)c2ccc(C)nc2)CC1. The van der Waals surface area contributed by atoms with E-state index < -0.39 is 0 Å². The highest BCUT2D eigenvalue weighted by Crippen LogP contribution is 2.21. The van der Waals surface area contributed by atoms with Crippen LogP contribution in [-0.4, -0.2) is 61.0 Å². The quantitative estimate of drug-likeness (QED) is 0.737. The largest absolute Gasteiger partial charge is 0.496 e. The molecule has 1 aliphatic rings. The minimum atomic E-state index is 0.0612. The van der Waals surface area contributed by atoms with E-state index in [-0.39, 0.29) is 5.91 Å². The van der Waals surface area contributed by atoms with E-state index in [2.05, 4.69) is 22.0 Å². The molecule has 1 aromatic carbocycles. The fraction of sp³-hybridized carbons (Fsp3) is 0.478. The molecule has 3 rings (SSSR count). The van der Waals surface area contributed by atoms with Gasteiger partial charge in [-0.1, -0.05) is 18.2 Å². The Balaban J connectivity index is 1.43. The highest BCUT2D eigenvalue weighted by Gasteiger charge is 2.22. The Bertz CT molecular complexity index is 768. The van der Waals surface area contributed by atoms with Crippen molar-refractivity contribution in [2.24, 2.45) is 5.92 Å². The molecule has 0 atom stereocenters. The van der Waals surface area contributed by atoms with E-state index >= 15 is 0 Å². The lowest BCUT2D eigenvalue weighted by Gasteiger charge is -2.34. The Labute approximate surface area is 168 Å². The third-order valence-corrected chi connectivity index (χ3v) is 5.63. The van der Waals surface area contributed by atoms with Crippen molar-refractivity contribution in [1.82, 2.24) is 14.8 Å². The Kier molecular flexibility index (Phi) is 7.04. The molecule has 0 radical (unpaired) electrons. The van der Waals surface area contributed by atoms with Crippen molar-refractivity contribution in [3.8, 4) is 5.75 Å². The number of methoxy groups -OCH3 is 1. The maximum absolute atomic E-state index is 12.6. The van der Waals surface area contributed by atoms with Crippen LogP contribution < -0.4 is 4.74 Å². The van der Waals surface area contributed by atoms with Gasteiger partial charge in [0, 0.05) is 32.0 Å².